The summed E-state index contributed by atoms with van der Waals surface area (Å²) in [6, 6.07) is 11.3. The van der Waals surface area contributed by atoms with E-state index in [1.165, 1.54) is 6.07 Å². The number of imidazole rings is 1. The molecule has 2 N–H and O–H groups in total. The van der Waals surface area contributed by atoms with Gasteiger partial charge in [-0.15, -0.1) is 0 Å². The molecule has 24 heavy (non-hydrogen) atoms. The van der Waals surface area contributed by atoms with Crippen molar-refractivity contribution in [2.24, 2.45) is 7.05 Å². The summed E-state index contributed by atoms with van der Waals surface area (Å²) in [6.45, 7) is 0. The molecule has 0 unspecified atom stereocenters. The molecule has 0 aliphatic rings. The van der Waals surface area contributed by atoms with Gasteiger partial charge in [0.1, 0.15) is 0 Å². The first-order chi connectivity index (χ1) is 11.4. The maximum absolute atomic E-state index is 12.8. The molecule has 0 spiro atoms. The number of hydrogen-bond donors (Lipinski definition) is 2. The smallest absolute Gasteiger partial charge is 0.361 e. The van der Waals surface area contributed by atoms with Crippen molar-refractivity contribution in [2.75, 3.05) is 5.32 Å². The summed E-state index contributed by atoms with van der Waals surface area (Å²) < 4.78 is 40.2. The summed E-state index contributed by atoms with van der Waals surface area (Å²) in [5, 5.41) is 4.24. The predicted octanol–water partition coefficient (Wildman–Crippen LogP) is 4.82. The first-order valence-electron chi connectivity index (χ1n) is 7.30. The van der Waals surface area contributed by atoms with Crippen LogP contribution in [0.1, 0.15) is 5.56 Å². The highest BCUT2D eigenvalue weighted by atomic mass is 19.4. The van der Waals surface area contributed by atoms with Crippen molar-refractivity contribution in [3.63, 3.8) is 0 Å². The predicted molar refractivity (Wildman–Crippen MR) is 87.3 cm³/mol. The van der Waals surface area contributed by atoms with Gasteiger partial charge in [-0.05, 0) is 41.8 Å². The van der Waals surface area contributed by atoms with E-state index in [2.05, 4.69) is 15.3 Å². The lowest BCUT2D eigenvalue weighted by molar-refractivity contribution is -0.137. The Balaban J connectivity index is 1.74. The van der Waals surface area contributed by atoms with Crippen LogP contribution >= 0.6 is 0 Å². The molecule has 122 valence electrons. The fourth-order valence-electron chi connectivity index (χ4n) is 2.74. The van der Waals surface area contributed by atoms with Gasteiger partial charge in [0, 0.05) is 24.4 Å². The summed E-state index contributed by atoms with van der Waals surface area (Å²) in [5.74, 6) is 0.482. The van der Waals surface area contributed by atoms with Crippen molar-refractivity contribution < 1.29 is 13.2 Å². The van der Waals surface area contributed by atoms with Crippen LogP contribution in [0.25, 0.3) is 21.9 Å². The second-order valence-electron chi connectivity index (χ2n) is 5.60. The Bertz CT molecular complexity index is 1040. The highest BCUT2D eigenvalue weighted by Gasteiger charge is 2.31. The largest absolute Gasteiger partial charge is 0.416 e. The minimum Gasteiger partial charge on any atom is -0.361 e. The van der Waals surface area contributed by atoms with E-state index < -0.39 is 11.7 Å². The molecule has 4 rings (SSSR count). The first kappa shape index (κ1) is 14.6. The van der Waals surface area contributed by atoms with Crippen LogP contribution in [0.2, 0.25) is 0 Å². The van der Waals surface area contributed by atoms with Gasteiger partial charge >= 0.3 is 6.18 Å². The van der Waals surface area contributed by atoms with E-state index in [1.54, 1.807) is 11.6 Å². The second kappa shape index (κ2) is 5.02. The van der Waals surface area contributed by atoms with E-state index in [4.69, 9.17) is 0 Å². The summed E-state index contributed by atoms with van der Waals surface area (Å²) in [5.41, 5.74) is 2.01. The van der Waals surface area contributed by atoms with Crippen molar-refractivity contribution in [3.05, 3.63) is 54.2 Å². The number of alkyl halides is 3. The standard InChI is InChI=1S/C17H13F3N4/c1-24-15-5-3-11(17(18,19)20)8-14(15)23-16(24)22-12-4-2-10-6-7-21-13(10)9-12/h2-9,21H,1H3,(H,22,23). The topological polar surface area (TPSA) is 45.6 Å². The van der Waals surface area contributed by atoms with Gasteiger partial charge in [-0.25, -0.2) is 4.98 Å². The number of H-pyrrole nitrogens is 1. The monoisotopic (exact) mass is 330 g/mol. The molecule has 0 saturated carbocycles. The molecular weight excluding hydrogens is 317 g/mol. The Morgan fingerprint density at radius 3 is 2.71 bits per heavy atom. The SMILES string of the molecule is Cn1c(Nc2ccc3cc[nH]c3c2)nc2cc(C(F)(F)F)ccc21. The second-order valence-corrected chi connectivity index (χ2v) is 5.60. The average molecular weight is 330 g/mol. The van der Waals surface area contributed by atoms with Crippen LogP contribution in [0.5, 0.6) is 0 Å². The van der Waals surface area contributed by atoms with Gasteiger partial charge < -0.3 is 14.9 Å². The molecule has 2 aromatic heterocycles. The highest BCUT2D eigenvalue weighted by Crippen LogP contribution is 2.32. The number of nitrogens with one attached hydrogen (secondary N) is 2. The molecule has 0 amide bonds. The van der Waals surface area contributed by atoms with Crippen LogP contribution in [0, 0.1) is 0 Å². The van der Waals surface area contributed by atoms with Gasteiger partial charge in [0.25, 0.3) is 0 Å². The lowest BCUT2D eigenvalue weighted by Gasteiger charge is -2.07. The van der Waals surface area contributed by atoms with Crippen molar-refractivity contribution >= 4 is 33.6 Å². The molecule has 4 aromatic rings. The first-order valence-corrected chi connectivity index (χ1v) is 7.30. The fraction of sp³-hybridized carbons (Fsp3) is 0.118. The Hall–Kier alpha value is -2.96. The summed E-state index contributed by atoms with van der Waals surface area (Å²) >= 11 is 0. The van der Waals surface area contributed by atoms with E-state index in [-0.39, 0.29) is 0 Å². The van der Waals surface area contributed by atoms with E-state index in [0.717, 1.165) is 28.7 Å². The highest BCUT2D eigenvalue weighted by molar-refractivity contribution is 5.85. The number of fused-ring (bicyclic) bond motifs is 2. The van der Waals surface area contributed by atoms with Crippen molar-refractivity contribution in [1.29, 1.82) is 0 Å². The van der Waals surface area contributed by atoms with Crippen LogP contribution in [-0.4, -0.2) is 14.5 Å². The number of anilines is 2. The molecule has 0 atom stereocenters. The molecule has 0 aliphatic heterocycles. The molecule has 2 aromatic carbocycles. The van der Waals surface area contributed by atoms with Gasteiger partial charge in [-0.3, -0.25) is 0 Å². The molecule has 0 radical (unpaired) electrons. The normalized spacial score (nSPS) is 12.2. The van der Waals surface area contributed by atoms with Gasteiger partial charge in [0.15, 0.2) is 0 Å². The zero-order valence-corrected chi connectivity index (χ0v) is 12.6. The van der Waals surface area contributed by atoms with E-state index in [0.29, 0.717) is 17.0 Å². The van der Waals surface area contributed by atoms with E-state index in [1.807, 2.05) is 30.5 Å². The third-order valence-electron chi connectivity index (χ3n) is 4.02. The van der Waals surface area contributed by atoms with Crippen molar-refractivity contribution in [1.82, 2.24) is 14.5 Å². The van der Waals surface area contributed by atoms with Gasteiger partial charge in [0.05, 0.1) is 16.6 Å². The van der Waals surface area contributed by atoms with Crippen LogP contribution < -0.4 is 5.32 Å². The van der Waals surface area contributed by atoms with Gasteiger partial charge in [0.2, 0.25) is 5.95 Å². The number of aryl methyl sites for hydroxylation is 1. The molecule has 2 heterocycles. The van der Waals surface area contributed by atoms with Crippen molar-refractivity contribution in [2.45, 2.75) is 6.18 Å². The maximum atomic E-state index is 12.8. The van der Waals surface area contributed by atoms with Crippen LogP contribution in [0.3, 0.4) is 0 Å². The minimum absolute atomic E-state index is 0.302. The molecular formula is C17H13F3N4. The van der Waals surface area contributed by atoms with E-state index >= 15 is 0 Å². The van der Waals surface area contributed by atoms with Crippen molar-refractivity contribution in [3.8, 4) is 0 Å². The molecule has 4 nitrogen and oxygen atoms in total. The van der Waals surface area contributed by atoms with Gasteiger partial charge in [-0.2, -0.15) is 13.2 Å². The Morgan fingerprint density at radius 2 is 1.92 bits per heavy atom. The maximum Gasteiger partial charge on any atom is 0.416 e. The third kappa shape index (κ3) is 2.38. The Labute approximate surface area is 134 Å². The number of halogens is 3. The molecule has 0 aliphatic carbocycles. The number of aromatic amines is 1. The Kier molecular flexibility index (Phi) is 3.06. The van der Waals surface area contributed by atoms with Gasteiger partial charge in [-0.1, -0.05) is 6.07 Å². The molecule has 0 saturated heterocycles. The number of hydrogen-bond acceptors (Lipinski definition) is 2. The molecule has 0 fully saturated rings. The zero-order chi connectivity index (χ0) is 16.9. The minimum atomic E-state index is -4.38. The number of rotatable bonds is 2. The third-order valence-corrected chi connectivity index (χ3v) is 4.02. The summed E-state index contributed by atoms with van der Waals surface area (Å²) in [7, 11) is 1.76. The van der Waals surface area contributed by atoms with Crippen LogP contribution in [0.15, 0.2) is 48.7 Å². The number of aromatic nitrogens is 3. The lowest BCUT2D eigenvalue weighted by atomic mass is 10.2. The number of nitrogens with zero attached hydrogens (tertiary/aromatic N) is 2. The molecule has 0 bridgehead atoms. The summed E-state index contributed by atoms with van der Waals surface area (Å²) in [6.07, 6.45) is -2.53. The lowest BCUT2D eigenvalue weighted by Crippen LogP contribution is -2.04. The molecule has 7 heteroatoms. The summed E-state index contributed by atoms with van der Waals surface area (Å²) in [4.78, 5) is 7.41. The van der Waals surface area contributed by atoms with E-state index in [9.17, 15) is 13.2 Å². The average Bonchev–Trinajstić information content (AvgIpc) is 3.11. The Morgan fingerprint density at radius 1 is 1.08 bits per heavy atom. The quantitative estimate of drug-likeness (QED) is 0.554. The fourth-order valence-corrected chi connectivity index (χ4v) is 2.74. The zero-order valence-electron chi connectivity index (χ0n) is 12.6. The number of benzene rings is 2. The van der Waals surface area contributed by atoms with Crippen LogP contribution in [-0.2, 0) is 13.2 Å². The van der Waals surface area contributed by atoms with Crippen LogP contribution in [0.4, 0.5) is 24.8 Å².